The number of anilines is 2. The van der Waals surface area contributed by atoms with Crippen molar-refractivity contribution in [3.63, 3.8) is 0 Å². The fourth-order valence-corrected chi connectivity index (χ4v) is 3.67. The van der Waals surface area contributed by atoms with Crippen molar-refractivity contribution in [1.29, 1.82) is 0 Å². The lowest BCUT2D eigenvalue weighted by atomic mass is 10.1. The van der Waals surface area contributed by atoms with Gasteiger partial charge in [-0.1, -0.05) is 18.2 Å². The maximum absolute atomic E-state index is 12.2. The van der Waals surface area contributed by atoms with Gasteiger partial charge in [0.25, 0.3) is 5.69 Å². The number of benzene rings is 2. The predicted octanol–water partition coefficient (Wildman–Crippen LogP) is 3.40. The van der Waals surface area contributed by atoms with E-state index in [-0.39, 0.29) is 36.7 Å². The molecule has 1 N–H and O–H groups in total. The van der Waals surface area contributed by atoms with E-state index in [1.54, 1.807) is 0 Å². The van der Waals surface area contributed by atoms with Gasteiger partial charge in [0.05, 0.1) is 16.9 Å². The number of hydrogen-bond acceptors (Lipinski definition) is 5. The van der Waals surface area contributed by atoms with Crippen LogP contribution < -0.4 is 9.62 Å². The molecule has 0 aliphatic heterocycles. The third-order valence-electron chi connectivity index (χ3n) is 4.16. The number of sulfonamides is 1. The van der Waals surface area contributed by atoms with Crippen molar-refractivity contribution < 1.29 is 18.1 Å². The molecule has 2 rings (SSSR count). The van der Waals surface area contributed by atoms with E-state index in [2.05, 4.69) is 5.32 Å². The molecule has 0 heterocycles. The second-order valence-electron chi connectivity index (χ2n) is 6.58. The van der Waals surface area contributed by atoms with Crippen LogP contribution in [0.1, 0.15) is 24.0 Å². The second kappa shape index (κ2) is 8.83. The van der Waals surface area contributed by atoms with Gasteiger partial charge >= 0.3 is 0 Å². The first kappa shape index (κ1) is 21.4. The Morgan fingerprint density at radius 3 is 2.54 bits per heavy atom. The van der Waals surface area contributed by atoms with Crippen molar-refractivity contribution in [2.45, 2.75) is 26.7 Å². The van der Waals surface area contributed by atoms with E-state index in [4.69, 9.17) is 0 Å². The number of nitrogens with zero attached hydrogens (tertiary/aromatic N) is 2. The highest BCUT2D eigenvalue weighted by atomic mass is 32.2. The Labute approximate surface area is 164 Å². The number of carbonyl (C=O) groups is 1. The highest BCUT2D eigenvalue weighted by molar-refractivity contribution is 7.92. The number of nitro groups is 1. The lowest BCUT2D eigenvalue weighted by Gasteiger charge is -2.22. The molecule has 0 saturated carbocycles. The summed E-state index contributed by atoms with van der Waals surface area (Å²) in [5.74, 6) is -0.221. The predicted molar refractivity (Wildman–Crippen MR) is 109 cm³/mol. The molecule has 0 radical (unpaired) electrons. The monoisotopic (exact) mass is 405 g/mol. The molecule has 0 atom stereocenters. The van der Waals surface area contributed by atoms with Gasteiger partial charge in [-0.25, -0.2) is 8.42 Å². The van der Waals surface area contributed by atoms with E-state index in [9.17, 15) is 23.3 Å². The zero-order valence-corrected chi connectivity index (χ0v) is 16.8. The van der Waals surface area contributed by atoms with Gasteiger partial charge in [0.1, 0.15) is 0 Å². The minimum atomic E-state index is -3.65. The number of aryl methyl sites for hydroxylation is 2. The molecule has 0 fully saturated rings. The van der Waals surface area contributed by atoms with Crippen LogP contribution in [0, 0.1) is 24.0 Å². The van der Waals surface area contributed by atoms with Gasteiger partial charge in [-0.3, -0.25) is 19.2 Å². The van der Waals surface area contributed by atoms with E-state index in [1.807, 2.05) is 32.0 Å². The van der Waals surface area contributed by atoms with Gasteiger partial charge < -0.3 is 5.32 Å². The summed E-state index contributed by atoms with van der Waals surface area (Å²) >= 11 is 0. The third-order valence-corrected chi connectivity index (χ3v) is 5.36. The summed E-state index contributed by atoms with van der Waals surface area (Å²) < 4.78 is 25.3. The lowest BCUT2D eigenvalue weighted by Crippen LogP contribution is -2.31. The standard InChI is InChI=1S/C19H23N3O5S/c1-14-9-10-15(2)18(12-14)20-19(23)8-5-11-21(28(3,26)27)16-6-4-7-17(13-16)22(24)25/h4,6-7,9-10,12-13H,5,8,11H2,1-3H3,(H,20,23). The Balaban J connectivity index is 2.05. The molecular formula is C19H23N3O5S. The van der Waals surface area contributed by atoms with Crippen LogP contribution >= 0.6 is 0 Å². The largest absolute Gasteiger partial charge is 0.326 e. The zero-order valence-electron chi connectivity index (χ0n) is 16.0. The van der Waals surface area contributed by atoms with Gasteiger partial charge in [-0.15, -0.1) is 0 Å². The molecule has 0 unspecified atom stereocenters. The quantitative estimate of drug-likeness (QED) is 0.535. The summed E-state index contributed by atoms with van der Waals surface area (Å²) in [7, 11) is -3.65. The van der Waals surface area contributed by atoms with Gasteiger partial charge in [0.15, 0.2) is 0 Å². The minimum absolute atomic E-state index is 0.0419. The fraction of sp³-hybridized carbons (Fsp3) is 0.316. The Kier molecular flexibility index (Phi) is 6.74. The molecule has 0 aliphatic rings. The van der Waals surface area contributed by atoms with Crippen molar-refractivity contribution in [2.24, 2.45) is 0 Å². The number of carbonyl (C=O) groups excluding carboxylic acids is 1. The number of hydrogen-bond donors (Lipinski definition) is 1. The van der Waals surface area contributed by atoms with Crippen molar-refractivity contribution in [2.75, 3.05) is 22.4 Å². The van der Waals surface area contributed by atoms with E-state index in [0.29, 0.717) is 0 Å². The van der Waals surface area contributed by atoms with Crippen LogP contribution in [0.5, 0.6) is 0 Å². The maximum Gasteiger partial charge on any atom is 0.271 e. The molecule has 1 amide bonds. The first-order chi connectivity index (χ1) is 13.1. The third kappa shape index (κ3) is 5.78. The van der Waals surface area contributed by atoms with Crippen LogP contribution in [0.3, 0.4) is 0 Å². The molecular weight excluding hydrogens is 382 g/mol. The normalized spacial score (nSPS) is 11.1. The molecule has 150 valence electrons. The molecule has 0 bridgehead atoms. The first-order valence-electron chi connectivity index (χ1n) is 8.67. The van der Waals surface area contributed by atoms with Crippen molar-refractivity contribution in [3.05, 3.63) is 63.7 Å². The molecule has 28 heavy (non-hydrogen) atoms. The highest BCUT2D eigenvalue weighted by Crippen LogP contribution is 2.24. The highest BCUT2D eigenvalue weighted by Gasteiger charge is 2.20. The van der Waals surface area contributed by atoms with Crippen LogP contribution in [-0.4, -0.2) is 32.0 Å². The number of non-ortho nitro benzene ring substituents is 1. The van der Waals surface area contributed by atoms with Gasteiger partial charge in [-0.05, 0) is 43.5 Å². The lowest BCUT2D eigenvalue weighted by molar-refractivity contribution is -0.384. The maximum atomic E-state index is 12.2. The number of rotatable bonds is 8. The van der Waals surface area contributed by atoms with Crippen LogP contribution in [0.2, 0.25) is 0 Å². The van der Waals surface area contributed by atoms with Crippen LogP contribution in [0.25, 0.3) is 0 Å². The average molecular weight is 405 g/mol. The van der Waals surface area contributed by atoms with Crippen molar-refractivity contribution in [1.82, 2.24) is 0 Å². The Morgan fingerprint density at radius 2 is 1.89 bits per heavy atom. The molecule has 0 spiro atoms. The molecule has 0 aliphatic carbocycles. The average Bonchev–Trinajstić information content (AvgIpc) is 2.61. The summed E-state index contributed by atoms with van der Waals surface area (Å²) in [5, 5.41) is 13.8. The Bertz CT molecular complexity index is 989. The Hall–Kier alpha value is -2.94. The van der Waals surface area contributed by atoms with Crippen LogP contribution in [0.4, 0.5) is 17.1 Å². The summed E-state index contributed by atoms with van der Waals surface area (Å²) in [6, 6.07) is 11.2. The van der Waals surface area contributed by atoms with Gasteiger partial charge in [0, 0.05) is 30.8 Å². The molecule has 0 aromatic heterocycles. The Morgan fingerprint density at radius 1 is 1.18 bits per heavy atom. The van der Waals surface area contributed by atoms with Gasteiger partial charge in [-0.2, -0.15) is 0 Å². The number of amides is 1. The molecule has 2 aromatic carbocycles. The van der Waals surface area contributed by atoms with Crippen molar-refractivity contribution >= 4 is 33.0 Å². The van der Waals surface area contributed by atoms with Crippen LogP contribution in [0.15, 0.2) is 42.5 Å². The number of nitrogens with one attached hydrogen (secondary N) is 1. The summed E-state index contributed by atoms with van der Waals surface area (Å²) in [4.78, 5) is 22.6. The smallest absolute Gasteiger partial charge is 0.271 e. The van der Waals surface area contributed by atoms with E-state index in [0.717, 1.165) is 27.4 Å². The molecule has 0 saturated heterocycles. The molecule has 9 heteroatoms. The zero-order chi connectivity index (χ0) is 20.9. The first-order valence-corrected chi connectivity index (χ1v) is 10.5. The summed E-state index contributed by atoms with van der Waals surface area (Å²) in [5.41, 5.74) is 2.69. The number of nitro benzene ring substituents is 1. The fourth-order valence-electron chi connectivity index (χ4n) is 2.71. The second-order valence-corrected chi connectivity index (χ2v) is 8.49. The SMILES string of the molecule is Cc1ccc(C)c(NC(=O)CCCN(c2cccc([N+](=O)[O-])c2)S(C)(=O)=O)c1. The van der Waals surface area contributed by atoms with E-state index in [1.165, 1.54) is 24.3 Å². The molecule has 8 nitrogen and oxygen atoms in total. The van der Waals surface area contributed by atoms with Crippen molar-refractivity contribution in [3.8, 4) is 0 Å². The van der Waals surface area contributed by atoms with Gasteiger partial charge in [0.2, 0.25) is 15.9 Å². The summed E-state index contributed by atoms with van der Waals surface area (Å²) in [6.07, 6.45) is 1.42. The van der Waals surface area contributed by atoms with E-state index >= 15 is 0 Å². The molecule has 2 aromatic rings. The van der Waals surface area contributed by atoms with E-state index < -0.39 is 14.9 Å². The topological polar surface area (TPSA) is 110 Å². The summed E-state index contributed by atoms with van der Waals surface area (Å²) in [6.45, 7) is 3.86. The van der Waals surface area contributed by atoms with Crippen LogP contribution in [-0.2, 0) is 14.8 Å². The minimum Gasteiger partial charge on any atom is -0.326 e.